The van der Waals surface area contributed by atoms with Crippen LogP contribution in [0.3, 0.4) is 0 Å². The summed E-state index contributed by atoms with van der Waals surface area (Å²) in [5, 5.41) is 0. The maximum absolute atomic E-state index is 13.8. The molecule has 0 radical (unpaired) electrons. The van der Waals surface area contributed by atoms with Gasteiger partial charge < -0.3 is 10.5 Å². The van der Waals surface area contributed by atoms with E-state index in [1.165, 1.54) is 13.1 Å². The number of primary amides is 1. The van der Waals surface area contributed by atoms with E-state index in [9.17, 15) is 9.18 Å². The van der Waals surface area contributed by atoms with Crippen molar-refractivity contribution in [3.8, 4) is 5.75 Å². The summed E-state index contributed by atoms with van der Waals surface area (Å²) in [6, 6.07) is 0. The predicted molar refractivity (Wildman–Crippen MR) is 57.8 cm³/mol. The largest absolute Gasteiger partial charge is 0.410 e. The summed E-state index contributed by atoms with van der Waals surface area (Å²) >= 11 is 0. The number of carbonyl (C=O) groups excluding carboxylic acids is 1. The van der Waals surface area contributed by atoms with Crippen molar-refractivity contribution < 1.29 is 13.9 Å². The smallest absolute Gasteiger partial charge is 0.407 e. The zero-order valence-electron chi connectivity index (χ0n) is 9.80. The minimum absolute atomic E-state index is 0.132. The number of nitrogens with zero attached hydrogens (tertiary/aromatic N) is 1. The Morgan fingerprint density at radius 3 is 2.50 bits per heavy atom. The van der Waals surface area contributed by atoms with Gasteiger partial charge in [-0.1, -0.05) is 20.8 Å². The van der Waals surface area contributed by atoms with E-state index < -0.39 is 11.9 Å². The number of aryl methyl sites for hydroxylation is 1. The second kappa shape index (κ2) is 4.08. The van der Waals surface area contributed by atoms with Crippen LogP contribution in [0.15, 0.2) is 6.20 Å². The summed E-state index contributed by atoms with van der Waals surface area (Å²) in [6.07, 6.45) is 0.464. The molecule has 0 aliphatic heterocycles. The van der Waals surface area contributed by atoms with E-state index >= 15 is 0 Å². The maximum atomic E-state index is 13.8. The lowest BCUT2D eigenvalue weighted by atomic mass is 9.87. The lowest BCUT2D eigenvalue weighted by molar-refractivity contribution is 0.207. The fraction of sp³-hybridized carbons (Fsp3) is 0.455. The molecule has 0 saturated carbocycles. The normalized spacial score (nSPS) is 11.3. The number of amides is 1. The summed E-state index contributed by atoms with van der Waals surface area (Å²) in [7, 11) is 0. The number of hydrogen-bond donors (Lipinski definition) is 1. The molecule has 1 heterocycles. The molecule has 4 nitrogen and oxygen atoms in total. The number of nitrogens with two attached hydrogens (primary N) is 1. The molecule has 2 N–H and O–H groups in total. The summed E-state index contributed by atoms with van der Waals surface area (Å²) in [4.78, 5) is 14.6. The van der Waals surface area contributed by atoms with E-state index in [4.69, 9.17) is 10.5 Å². The third-order valence-electron chi connectivity index (χ3n) is 2.16. The molecule has 0 aliphatic rings. The Labute approximate surface area is 93.6 Å². The van der Waals surface area contributed by atoms with Gasteiger partial charge >= 0.3 is 6.09 Å². The molecule has 0 aliphatic carbocycles. The first-order valence-corrected chi connectivity index (χ1v) is 4.86. The van der Waals surface area contributed by atoms with Gasteiger partial charge in [-0.15, -0.1) is 0 Å². The van der Waals surface area contributed by atoms with Crippen LogP contribution in [-0.2, 0) is 5.41 Å². The molecule has 0 fully saturated rings. The molecule has 5 heteroatoms. The highest BCUT2D eigenvalue weighted by molar-refractivity contribution is 5.69. The molecule has 0 bridgehead atoms. The number of halogens is 1. The quantitative estimate of drug-likeness (QED) is 0.798. The van der Waals surface area contributed by atoms with Crippen molar-refractivity contribution in [1.82, 2.24) is 4.98 Å². The predicted octanol–water partition coefficient (Wildman–Crippen LogP) is 2.28. The third kappa shape index (κ3) is 2.48. The second-order valence-corrected chi connectivity index (χ2v) is 4.57. The standard InChI is InChI=1S/C11H15FN2O2/c1-6-8(12)9(16-10(13)15)7(5-14-6)11(2,3)4/h5H,1-4H3,(H2,13,15). The van der Waals surface area contributed by atoms with Crippen molar-refractivity contribution >= 4 is 6.09 Å². The maximum Gasteiger partial charge on any atom is 0.410 e. The Balaban J connectivity index is 3.39. The van der Waals surface area contributed by atoms with Gasteiger partial charge in [0, 0.05) is 11.8 Å². The summed E-state index contributed by atoms with van der Waals surface area (Å²) in [5.74, 6) is -0.779. The van der Waals surface area contributed by atoms with Gasteiger partial charge in [0.2, 0.25) is 0 Å². The van der Waals surface area contributed by atoms with Gasteiger partial charge in [0.05, 0.1) is 5.69 Å². The Morgan fingerprint density at radius 1 is 1.50 bits per heavy atom. The minimum atomic E-state index is -1.03. The van der Waals surface area contributed by atoms with Crippen LogP contribution in [0.1, 0.15) is 32.0 Å². The summed E-state index contributed by atoms with van der Waals surface area (Å²) in [6.45, 7) is 7.10. The molecule has 1 rings (SSSR count). The Kier molecular flexibility index (Phi) is 3.16. The van der Waals surface area contributed by atoms with Crippen LogP contribution >= 0.6 is 0 Å². The van der Waals surface area contributed by atoms with Crippen LogP contribution in [0, 0.1) is 12.7 Å². The van der Waals surface area contributed by atoms with Crippen molar-refractivity contribution in [2.24, 2.45) is 5.73 Å². The number of carbonyl (C=O) groups is 1. The van der Waals surface area contributed by atoms with Gasteiger partial charge in [-0.25, -0.2) is 9.18 Å². The number of pyridine rings is 1. The van der Waals surface area contributed by atoms with Crippen LogP contribution in [0.5, 0.6) is 5.75 Å². The molecule has 0 unspecified atom stereocenters. The highest BCUT2D eigenvalue weighted by Crippen LogP contribution is 2.33. The molecule has 0 spiro atoms. The lowest BCUT2D eigenvalue weighted by Gasteiger charge is -2.22. The van der Waals surface area contributed by atoms with E-state index in [2.05, 4.69) is 4.98 Å². The van der Waals surface area contributed by atoms with Gasteiger partial charge in [0.15, 0.2) is 11.6 Å². The van der Waals surface area contributed by atoms with Gasteiger partial charge in [0.1, 0.15) is 0 Å². The van der Waals surface area contributed by atoms with E-state index in [0.717, 1.165) is 0 Å². The monoisotopic (exact) mass is 226 g/mol. The van der Waals surface area contributed by atoms with Crippen molar-refractivity contribution in [2.45, 2.75) is 33.1 Å². The highest BCUT2D eigenvalue weighted by atomic mass is 19.1. The van der Waals surface area contributed by atoms with E-state index in [1.54, 1.807) is 0 Å². The fourth-order valence-electron chi connectivity index (χ4n) is 1.29. The first-order chi connectivity index (χ1) is 7.23. The fourth-order valence-corrected chi connectivity index (χ4v) is 1.29. The van der Waals surface area contributed by atoms with Crippen LogP contribution in [-0.4, -0.2) is 11.1 Å². The summed E-state index contributed by atoms with van der Waals surface area (Å²) in [5.41, 5.74) is 5.20. The molecule has 0 saturated heterocycles. The molecule has 1 aromatic heterocycles. The first kappa shape index (κ1) is 12.4. The molecule has 0 aromatic carbocycles. The Hall–Kier alpha value is -1.65. The van der Waals surface area contributed by atoms with Crippen LogP contribution in [0.4, 0.5) is 9.18 Å². The van der Waals surface area contributed by atoms with Crippen molar-refractivity contribution in [1.29, 1.82) is 0 Å². The first-order valence-electron chi connectivity index (χ1n) is 4.86. The third-order valence-corrected chi connectivity index (χ3v) is 2.16. The van der Waals surface area contributed by atoms with Gasteiger partial charge in [-0.3, -0.25) is 4.98 Å². The molecule has 0 atom stereocenters. The van der Waals surface area contributed by atoms with E-state index in [1.807, 2.05) is 20.8 Å². The molecule has 1 aromatic rings. The number of hydrogen-bond acceptors (Lipinski definition) is 3. The van der Waals surface area contributed by atoms with Crippen LogP contribution < -0.4 is 10.5 Å². The highest BCUT2D eigenvalue weighted by Gasteiger charge is 2.25. The Morgan fingerprint density at radius 2 is 2.06 bits per heavy atom. The van der Waals surface area contributed by atoms with Gasteiger partial charge in [0.25, 0.3) is 0 Å². The van der Waals surface area contributed by atoms with Gasteiger partial charge in [-0.2, -0.15) is 0 Å². The zero-order chi connectivity index (χ0) is 12.5. The average Bonchev–Trinajstić information content (AvgIpc) is 2.10. The second-order valence-electron chi connectivity index (χ2n) is 4.57. The van der Waals surface area contributed by atoms with Crippen molar-refractivity contribution in [2.75, 3.05) is 0 Å². The van der Waals surface area contributed by atoms with E-state index in [0.29, 0.717) is 5.56 Å². The summed E-state index contributed by atoms with van der Waals surface area (Å²) < 4.78 is 18.5. The minimum Gasteiger partial charge on any atom is -0.407 e. The number of ether oxygens (including phenoxy) is 1. The number of rotatable bonds is 1. The number of aromatic nitrogens is 1. The SMILES string of the molecule is Cc1ncc(C(C)(C)C)c(OC(N)=O)c1F. The molecular formula is C11H15FN2O2. The molecule has 1 amide bonds. The van der Waals surface area contributed by atoms with Crippen LogP contribution in [0.25, 0.3) is 0 Å². The van der Waals surface area contributed by atoms with Gasteiger partial charge in [-0.05, 0) is 12.3 Å². The zero-order valence-corrected chi connectivity index (χ0v) is 9.80. The van der Waals surface area contributed by atoms with Crippen molar-refractivity contribution in [3.63, 3.8) is 0 Å². The molecule has 16 heavy (non-hydrogen) atoms. The lowest BCUT2D eigenvalue weighted by Crippen LogP contribution is -2.22. The van der Waals surface area contributed by atoms with E-state index in [-0.39, 0.29) is 16.9 Å². The van der Waals surface area contributed by atoms with Crippen molar-refractivity contribution in [3.05, 3.63) is 23.3 Å². The topological polar surface area (TPSA) is 65.2 Å². The molecule has 88 valence electrons. The van der Waals surface area contributed by atoms with Crippen LogP contribution in [0.2, 0.25) is 0 Å². The average molecular weight is 226 g/mol. The Bertz CT molecular complexity index is 425. The molecular weight excluding hydrogens is 211 g/mol.